The van der Waals surface area contributed by atoms with E-state index in [-0.39, 0.29) is 5.60 Å². The Bertz CT molecular complexity index is 553. The molecule has 1 saturated carbocycles. The van der Waals surface area contributed by atoms with E-state index in [0.717, 1.165) is 36.1 Å². The van der Waals surface area contributed by atoms with Gasteiger partial charge in [0.2, 0.25) is 0 Å². The zero-order chi connectivity index (χ0) is 18.3. The Labute approximate surface area is 157 Å². The number of rotatable bonds is 12. The van der Waals surface area contributed by atoms with Crippen LogP contribution in [0.1, 0.15) is 75.3 Å². The fourth-order valence-electron chi connectivity index (χ4n) is 3.43. The first-order valence-electron chi connectivity index (χ1n) is 9.66. The molecule has 0 heterocycles. The number of aryl methyl sites for hydroxylation is 1. The van der Waals surface area contributed by atoms with Gasteiger partial charge in [0.25, 0.3) is 0 Å². The molecule has 1 aromatic rings. The van der Waals surface area contributed by atoms with E-state index in [9.17, 15) is 10.2 Å². The summed E-state index contributed by atoms with van der Waals surface area (Å²) in [5, 5.41) is 20.1. The molecular formula is C21H34O3S. The molecule has 1 aliphatic rings. The molecule has 2 rings (SSSR count). The summed E-state index contributed by atoms with van der Waals surface area (Å²) in [5.41, 5.74) is 1.92. The molecule has 0 bridgehead atoms. The van der Waals surface area contributed by atoms with Crippen molar-refractivity contribution in [2.24, 2.45) is 0 Å². The quantitative estimate of drug-likeness (QED) is 0.372. The molecule has 0 radical (unpaired) electrons. The van der Waals surface area contributed by atoms with Crippen LogP contribution in [-0.4, -0.2) is 29.2 Å². The number of benzene rings is 1. The fraction of sp³-hybridized carbons (Fsp3) is 0.714. The van der Waals surface area contributed by atoms with E-state index in [2.05, 4.69) is 6.07 Å². The summed E-state index contributed by atoms with van der Waals surface area (Å²) in [4.78, 5) is 1.01. The predicted molar refractivity (Wildman–Crippen MR) is 106 cm³/mol. The van der Waals surface area contributed by atoms with E-state index < -0.39 is 0 Å². The van der Waals surface area contributed by atoms with Crippen LogP contribution in [0.3, 0.4) is 0 Å². The SMILES string of the molecule is COc1c(SC)cc(CCCCCCCCCC2(O)CC2)c(C)c1O. The van der Waals surface area contributed by atoms with Gasteiger partial charge < -0.3 is 14.9 Å². The molecule has 0 unspecified atom stereocenters. The minimum Gasteiger partial charge on any atom is -0.504 e. The maximum absolute atomic E-state index is 10.3. The molecule has 0 aliphatic heterocycles. The number of ether oxygens (including phenoxy) is 1. The number of hydrogen-bond acceptors (Lipinski definition) is 4. The Kier molecular flexibility index (Phi) is 7.95. The molecule has 0 atom stereocenters. The maximum Gasteiger partial charge on any atom is 0.174 e. The van der Waals surface area contributed by atoms with Crippen molar-refractivity contribution in [1.82, 2.24) is 0 Å². The highest BCUT2D eigenvalue weighted by molar-refractivity contribution is 7.98. The average Bonchev–Trinajstić information content (AvgIpc) is 3.34. The van der Waals surface area contributed by atoms with E-state index >= 15 is 0 Å². The predicted octanol–water partition coefficient (Wildman–Crippen LogP) is 5.62. The average molecular weight is 367 g/mol. The van der Waals surface area contributed by atoms with Gasteiger partial charge in [0.15, 0.2) is 11.5 Å². The van der Waals surface area contributed by atoms with Crippen molar-refractivity contribution in [2.75, 3.05) is 13.4 Å². The third kappa shape index (κ3) is 6.10. The number of thioether (sulfide) groups is 1. The Morgan fingerprint density at radius 1 is 1.08 bits per heavy atom. The van der Waals surface area contributed by atoms with Crippen molar-refractivity contribution in [1.29, 1.82) is 0 Å². The Hall–Kier alpha value is -0.870. The molecule has 0 spiro atoms. The Balaban J connectivity index is 1.63. The van der Waals surface area contributed by atoms with Crippen LogP contribution in [0.15, 0.2) is 11.0 Å². The molecule has 0 amide bonds. The van der Waals surface area contributed by atoms with Crippen molar-refractivity contribution in [3.8, 4) is 11.5 Å². The van der Waals surface area contributed by atoms with Gasteiger partial charge in [-0.15, -0.1) is 11.8 Å². The summed E-state index contributed by atoms with van der Waals surface area (Å²) < 4.78 is 5.33. The standard InChI is InChI=1S/C21H34O3S/c1-16-17(15-18(25-3)20(24-2)19(16)22)11-9-7-5-4-6-8-10-12-21(23)13-14-21/h15,22-23H,4-14H2,1-3H3. The third-order valence-corrected chi connectivity index (χ3v) is 6.16. The second-order valence-corrected chi connectivity index (χ2v) is 8.29. The first kappa shape index (κ1) is 20.4. The molecule has 1 aliphatic carbocycles. The summed E-state index contributed by atoms with van der Waals surface area (Å²) in [7, 11) is 1.61. The minimum atomic E-state index is -0.266. The van der Waals surface area contributed by atoms with Gasteiger partial charge in [0.05, 0.1) is 17.6 Å². The molecule has 3 nitrogen and oxygen atoms in total. The van der Waals surface area contributed by atoms with Crippen LogP contribution in [-0.2, 0) is 6.42 Å². The number of methoxy groups -OCH3 is 1. The highest BCUT2D eigenvalue weighted by Crippen LogP contribution is 2.41. The number of phenolic OH excluding ortho intramolecular Hbond substituents is 1. The molecule has 1 aromatic carbocycles. The highest BCUT2D eigenvalue weighted by atomic mass is 32.2. The second-order valence-electron chi connectivity index (χ2n) is 7.44. The van der Waals surface area contributed by atoms with Crippen molar-refractivity contribution < 1.29 is 14.9 Å². The van der Waals surface area contributed by atoms with Crippen molar-refractivity contribution in [3.05, 3.63) is 17.2 Å². The van der Waals surface area contributed by atoms with Crippen LogP contribution in [0.5, 0.6) is 11.5 Å². The van der Waals surface area contributed by atoms with Crippen molar-refractivity contribution >= 4 is 11.8 Å². The maximum atomic E-state index is 10.3. The molecule has 4 heteroatoms. The summed E-state index contributed by atoms with van der Waals surface area (Å²) in [6.45, 7) is 1.98. The van der Waals surface area contributed by atoms with Crippen LogP contribution in [0.4, 0.5) is 0 Å². The van der Waals surface area contributed by atoms with Gasteiger partial charge in [0, 0.05) is 0 Å². The van der Waals surface area contributed by atoms with Gasteiger partial charge in [-0.3, -0.25) is 0 Å². The molecule has 0 saturated heterocycles. The second kappa shape index (κ2) is 9.72. The summed E-state index contributed by atoms with van der Waals surface area (Å²) >= 11 is 1.62. The monoisotopic (exact) mass is 366 g/mol. The number of hydrogen-bond donors (Lipinski definition) is 2. The van der Waals surface area contributed by atoms with Crippen molar-refractivity contribution in [3.63, 3.8) is 0 Å². The number of phenols is 1. The van der Waals surface area contributed by atoms with Gasteiger partial charge in [-0.1, -0.05) is 38.5 Å². The van der Waals surface area contributed by atoms with Gasteiger partial charge in [-0.05, 0) is 62.5 Å². The Morgan fingerprint density at radius 2 is 1.68 bits per heavy atom. The zero-order valence-corrected chi connectivity index (χ0v) is 16.9. The van der Waals surface area contributed by atoms with Crippen LogP contribution >= 0.6 is 11.8 Å². The van der Waals surface area contributed by atoms with Gasteiger partial charge >= 0.3 is 0 Å². The molecular weight excluding hydrogens is 332 g/mol. The largest absolute Gasteiger partial charge is 0.504 e. The summed E-state index contributed by atoms with van der Waals surface area (Å²) in [6, 6.07) is 2.17. The molecule has 25 heavy (non-hydrogen) atoms. The van der Waals surface area contributed by atoms with Crippen LogP contribution in [0, 0.1) is 6.92 Å². The Morgan fingerprint density at radius 3 is 2.24 bits per heavy atom. The van der Waals surface area contributed by atoms with E-state index in [0.29, 0.717) is 11.5 Å². The molecule has 2 N–H and O–H groups in total. The molecule has 1 fully saturated rings. The van der Waals surface area contributed by atoms with E-state index in [1.54, 1.807) is 18.9 Å². The van der Waals surface area contributed by atoms with E-state index in [1.807, 2.05) is 13.2 Å². The smallest absolute Gasteiger partial charge is 0.174 e. The summed E-state index contributed by atoms with van der Waals surface area (Å²) in [6.07, 6.45) is 14.8. The van der Waals surface area contributed by atoms with Gasteiger partial charge in [0.1, 0.15) is 0 Å². The number of aromatic hydroxyl groups is 1. The van der Waals surface area contributed by atoms with Gasteiger partial charge in [-0.2, -0.15) is 0 Å². The van der Waals surface area contributed by atoms with Crippen LogP contribution < -0.4 is 4.74 Å². The fourth-order valence-corrected chi connectivity index (χ4v) is 4.05. The lowest BCUT2D eigenvalue weighted by atomic mass is 9.99. The first-order valence-corrected chi connectivity index (χ1v) is 10.9. The lowest BCUT2D eigenvalue weighted by Crippen LogP contribution is -2.05. The highest BCUT2D eigenvalue weighted by Gasteiger charge is 2.39. The van der Waals surface area contributed by atoms with Crippen molar-refractivity contribution in [2.45, 2.75) is 88.0 Å². The lowest BCUT2D eigenvalue weighted by molar-refractivity contribution is 0.136. The minimum absolute atomic E-state index is 0.266. The molecule has 0 aromatic heterocycles. The topological polar surface area (TPSA) is 49.7 Å². The third-order valence-electron chi connectivity index (χ3n) is 5.42. The van der Waals surface area contributed by atoms with Crippen LogP contribution in [0.2, 0.25) is 0 Å². The van der Waals surface area contributed by atoms with E-state index in [1.165, 1.54) is 50.5 Å². The zero-order valence-electron chi connectivity index (χ0n) is 16.1. The van der Waals surface area contributed by atoms with Crippen LogP contribution in [0.25, 0.3) is 0 Å². The normalized spacial score (nSPS) is 15.4. The molecule has 142 valence electrons. The number of unbranched alkanes of at least 4 members (excludes halogenated alkanes) is 6. The number of aliphatic hydroxyl groups is 1. The summed E-state index contributed by atoms with van der Waals surface area (Å²) in [5.74, 6) is 0.895. The van der Waals surface area contributed by atoms with Gasteiger partial charge in [-0.25, -0.2) is 0 Å². The first-order chi connectivity index (χ1) is 12.0. The van der Waals surface area contributed by atoms with E-state index in [4.69, 9.17) is 4.74 Å². The lowest BCUT2D eigenvalue weighted by Gasteiger charge is -2.15.